The average molecular weight is 798 g/mol. The maximum absolute atomic E-state index is 13.2. The van der Waals surface area contributed by atoms with E-state index >= 15 is 0 Å². The zero-order valence-electron chi connectivity index (χ0n) is 30.4. The van der Waals surface area contributed by atoms with Crippen LogP contribution in [0.1, 0.15) is 33.3 Å². The van der Waals surface area contributed by atoms with Crippen molar-refractivity contribution < 1.29 is 64.5 Å². The highest BCUT2D eigenvalue weighted by Crippen LogP contribution is 2.35. The van der Waals surface area contributed by atoms with Gasteiger partial charge in [0.2, 0.25) is 0 Å². The molecule has 2 saturated heterocycles. The van der Waals surface area contributed by atoms with Gasteiger partial charge in [-0.25, -0.2) is 29.2 Å². The molecule has 1 aromatic heterocycles. The molecule has 2 fully saturated rings. The summed E-state index contributed by atoms with van der Waals surface area (Å²) in [5.41, 5.74) is -0.374. The maximum atomic E-state index is 13.2. The Labute approximate surface area is 316 Å². The van der Waals surface area contributed by atoms with Crippen LogP contribution in [0.3, 0.4) is 0 Å². The van der Waals surface area contributed by atoms with Gasteiger partial charge in [-0.2, -0.15) is 0 Å². The van der Waals surface area contributed by atoms with Crippen LogP contribution in [0, 0.1) is 0 Å². The van der Waals surface area contributed by atoms with Crippen LogP contribution in [0.4, 0.5) is 57.9 Å². The number of ether oxygens (including phenoxy) is 3. The number of likely N-dealkylation sites (N-methyl/N-ethyl adjacent to an activating group) is 1. The lowest BCUT2D eigenvalue weighted by Crippen LogP contribution is -2.43. The quantitative estimate of drug-likeness (QED) is 0.158. The number of imide groups is 2. The smallest absolute Gasteiger partial charge is 0.448 e. The van der Waals surface area contributed by atoms with Crippen molar-refractivity contribution in [1.29, 1.82) is 0 Å². The largest absolute Gasteiger partial charge is 0.573 e. The van der Waals surface area contributed by atoms with Crippen molar-refractivity contribution in [2.24, 2.45) is 0 Å². The number of hydrogen-bond acceptors (Lipinski definition) is 10. The van der Waals surface area contributed by atoms with Crippen LogP contribution in [0.5, 0.6) is 11.5 Å². The van der Waals surface area contributed by atoms with Gasteiger partial charge in [-0.15, -0.1) is 26.3 Å². The molecule has 2 aliphatic rings. The van der Waals surface area contributed by atoms with Crippen LogP contribution in [-0.2, 0) is 20.9 Å². The van der Waals surface area contributed by atoms with Crippen molar-refractivity contribution in [1.82, 2.24) is 20.1 Å². The van der Waals surface area contributed by atoms with Crippen LogP contribution in [0.25, 0.3) is 0 Å². The van der Waals surface area contributed by atoms with Crippen molar-refractivity contribution in [2.75, 3.05) is 47.9 Å². The summed E-state index contributed by atoms with van der Waals surface area (Å²) in [5, 5.41) is 4.85. The van der Waals surface area contributed by atoms with Crippen molar-refractivity contribution in [2.45, 2.75) is 52.5 Å². The first-order valence-corrected chi connectivity index (χ1v) is 16.8. The Kier molecular flexibility index (Phi) is 13.4. The normalized spacial score (nSPS) is 15.4. The van der Waals surface area contributed by atoms with E-state index in [-0.39, 0.29) is 36.9 Å². The van der Waals surface area contributed by atoms with Crippen molar-refractivity contribution in [3.05, 3.63) is 72.4 Å². The van der Waals surface area contributed by atoms with Gasteiger partial charge < -0.3 is 29.3 Å². The van der Waals surface area contributed by atoms with Crippen LogP contribution >= 0.6 is 0 Å². The molecule has 21 heteroatoms. The summed E-state index contributed by atoms with van der Waals surface area (Å²) in [6.45, 7) is 9.56. The van der Waals surface area contributed by atoms with Gasteiger partial charge in [0, 0.05) is 19.3 Å². The van der Waals surface area contributed by atoms with E-state index in [1.807, 2.05) is 13.8 Å². The van der Waals surface area contributed by atoms with Gasteiger partial charge in [0.25, 0.3) is 11.8 Å². The first-order chi connectivity index (χ1) is 26.2. The number of halogens is 6. The number of nitrogens with zero attached hydrogens (tertiary/aromatic N) is 5. The third kappa shape index (κ3) is 11.2. The minimum atomic E-state index is -4.86. The lowest BCUT2D eigenvalue weighted by molar-refractivity contribution is -0.275. The van der Waals surface area contributed by atoms with E-state index < -0.39 is 59.7 Å². The molecule has 2 aliphatic heterocycles. The van der Waals surface area contributed by atoms with Crippen LogP contribution in [-0.4, -0.2) is 95.8 Å². The molecule has 0 saturated carbocycles. The Morgan fingerprint density at radius 2 is 1.39 bits per heavy atom. The molecule has 0 radical (unpaired) electrons. The number of aromatic nitrogens is 1. The predicted octanol–water partition coefficient (Wildman–Crippen LogP) is 6.26. The first-order valence-electron chi connectivity index (χ1n) is 16.8. The molecule has 56 heavy (non-hydrogen) atoms. The number of pyridine rings is 1. The van der Waals surface area contributed by atoms with Gasteiger partial charge >= 0.3 is 30.9 Å². The molecule has 0 bridgehead atoms. The number of rotatable bonds is 12. The molecular weight excluding hydrogens is 760 g/mol. The molecule has 0 atom stereocenters. The number of carbonyl (C=O) groups excluding carboxylic acids is 5. The molecule has 3 heterocycles. The van der Waals surface area contributed by atoms with Gasteiger partial charge in [-0.05, 0) is 93.2 Å². The van der Waals surface area contributed by atoms with E-state index in [9.17, 15) is 50.3 Å². The standard InChI is InChI=1S/C25H30F3N5O5.C10H7F3N2O3/c1-5-31(6-2)13-14-37-22(35)30-20-15-17(11-12-29-20)16-32-23(36)33(21(34)24(32,3)4)18-7-9-19(10-8-18)38-25(26,27)28;11-10(12,13)18-7-3-1-6(2-4-7)15-8(16)5-14-9(15)17/h7-12,15H,5-6,13-14,16H2,1-4H3,(H,29,30,35);1-4H,5H2,(H,14,17). The number of benzene rings is 2. The fourth-order valence-electron chi connectivity index (χ4n) is 5.38. The van der Waals surface area contributed by atoms with Gasteiger partial charge in [0.05, 0.1) is 17.9 Å². The summed E-state index contributed by atoms with van der Waals surface area (Å²) >= 11 is 0. The molecular formula is C35H37F6N7O8. The Morgan fingerprint density at radius 1 is 0.857 bits per heavy atom. The fraction of sp³-hybridized carbons (Fsp3) is 0.371. The van der Waals surface area contributed by atoms with Gasteiger partial charge in [-0.3, -0.25) is 14.9 Å². The first kappa shape index (κ1) is 42.6. The molecule has 3 aromatic rings. The van der Waals surface area contributed by atoms with Crippen LogP contribution < -0.4 is 29.9 Å². The second kappa shape index (κ2) is 17.6. The predicted molar refractivity (Wildman–Crippen MR) is 187 cm³/mol. The van der Waals surface area contributed by atoms with Crippen molar-refractivity contribution in [3.8, 4) is 11.5 Å². The second-order valence-corrected chi connectivity index (χ2v) is 12.4. The van der Waals surface area contributed by atoms with Gasteiger partial charge in [0.1, 0.15) is 29.5 Å². The second-order valence-electron chi connectivity index (χ2n) is 12.4. The van der Waals surface area contributed by atoms with E-state index in [1.54, 1.807) is 26.0 Å². The molecule has 5 rings (SSSR count). The molecule has 302 valence electrons. The Balaban J connectivity index is 0.000000321. The molecule has 2 N–H and O–H groups in total. The van der Waals surface area contributed by atoms with E-state index in [4.69, 9.17) is 4.74 Å². The van der Waals surface area contributed by atoms with E-state index in [1.165, 1.54) is 35.4 Å². The minimum Gasteiger partial charge on any atom is -0.448 e. The molecule has 7 amide bonds. The summed E-state index contributed by atoms with van der Waals surface area (Å²) < 4.78 is 85.8. The third-order valence-corrected chi connectivity index (χ3v) is 8.25. The number of carbonyl (C=O) groups is 5. The van der Waals surface area contributed by atoms with Crippen LogP contribution in [0.2, 0.25) is 0 Å². The topological polar surface area (TPSA) is 163 Å². The number of urea groups is 2. The van der Waals surface area contributed by atoms with Crippen molar-refractivity contribution in [3.63, 3.8) is 0 Å². The Morgan fingerprint density at radius 3 is 1.88 bits per heavy atom. The summed E-state index contributed by atoms with van der Waals surface area (Å²) in [4.78, 5) is 70.4. The Hall–Kier alpha value is -6.12. The number of amides is 7. The summed E-state index contributed by atoms with van der Waals surface area (Å²) in [5.74, 6) is -1.69. The molecule has 15 nitrogen and oxygen atoms in total. The van der Waals surface area contributed by atoms with Gasteiger partial charge in [0.15, 0.2) is 0 Å². The maximum Gasteiger partial charge on any atom is 0.573 e. The Bertz CT molecular complexity index is 1870. The summed E-state index contributed by atoms with van der Waals surface area (Å²) in [7, 11) is 0. The molecule has 2 aromatic carbocycles. The molecule has 0 spiro atoms. The van der Waals surface area contributed by atoms with Crippen molar-refractivity contribution >= 4 is 47.2 Å². The third-order valence-electron chi connectivity index (χ3n) is 8.25. The van der Waals surface area contributed by atoms with E-state index in [0.29, 0.717) is 12.1 Å². The summed E-state index contributed by atoms with van der Waals surface area (Å²) in [6.07, 6.45) is -8.85. The van der Waals surface area contributed by atoms with Crippen LogP contribution in [0.15, 0.2) is 66.9 Å². The SMILES string of the molecule is CCN(CC)CCOC(=O)Nc1cc(CN2C(=O)N(c3ccc(OC(F)(F)F)cc3)C(=O)C2(C)C)ccn1.O=C1CNC(=O)N1c1ccc(OC(F)(F)F)cc1. The number of anilines is 3. The highest BCUT2D eigenvalue weighted by molar-refractivity contribution is 6.23. The zero-order chi connectivity index (χ0) is 41.4. The fourth-order valence-corrected chi connectivity index (χ4v) is 5.38. The van der Waals surface area contributed by atoms with Gasteiger partial charge in [-0.1, -0.05) is 13.8 Å². The minimum absolute atomic E-state index is 0.0115. The molecule has 0 unspecified atom stereocenters. The average Bonchev–Trinajstić information content (AvgIpc) is 3.53. The summed E-state index contributed by atoms with van der Waals surface area (Å²) in [6, 6.07) is 10.9. The highest BCUT2D eigenvalue weighted by Gasteiger charge is 2.51. The number of hydrogen-bond donors (Lipinski definition) is 2. The number of alkyl halides is 6. The molecule has 0 aliphatic carbocycles. The zero-order valence-corrected chi connectivity index (χ0v) is 30.4. The van der Waals surface area contributed by atoms with E-state index in [0.717, 1.165) is 47.2 Å². The monoisotopic (exact) mass is 797 g/mol. The lowest BCUT2D eigenvalue weighted by Gasteiger charge is -2.27. The lowest BCUT2D eigenvalue weighted by atomic mass is 10.0. The van der Waals surface area contributed by atoms with E-state index in [2.05, 4.69) is 30.0 Å². The number of nitrogens with one attached hydrogen (secondary N) is 2. The highest BCUT2D eigenvalue weighted by atomic mass is 19.4.